The number of carbonyl (C=O) groups excluding carboxylic acids is 1. The lowest BCUT2D eigenvalue weighted by molar-refractivity contribution is -0.122. The molecule has 4 N–H and O–H groups in total. The van der Waals surface area contributed by atoms with Crippen LogP contribution < -0.4 is 11.1 Å². The predicted octanol–water partition coefficient (Wildman–Crippen LogP) is -0.241. The standard InChI is InChI=1S/C12H15N5O2/c13-5-10-7-17(16-15-10)8-12(19)14-6-9-3-1-2-4-11(9)18/h1-4,7,18H,5-6,8,13H2,(H,14,19). The molecule has 0 unspecified atom stereocenters. The first-order chi connectivity index (χ1) is 9.19. The van der Waals surface area contributed by atoms with Gasteiger partial charge in [0.1, 0.15) is 12.3 Å². The maximum atomic E-state index is 11.7. The van der Waals surface area contributed by atoms with Crippen molar-refractivity contribution in [3.05, 3.63) is 41.7 Å². The largest absolute Gasteiger partial charge is 0.508 e. The van der Waals surface area contributed by atoms with Gasteiger partial charge >= 0.3 is 0 Å². The van der Waals surface area contributed by atoms with E-state index in [0.717, 1.165) is 0 Å². The fourth-order valence-corrected chi connectivity index (χ4v) is 1.57. The number of nitrogens with zero attached hydrogens (tertiary/aromatic N) is 3. The highest BCUT2D eigenvalue weighted by Gasteiger charge is 2.06. The molecule has 7 nitrogen and oxygen atoms in total. The minimum absolute atomic E-state index is 0.0700. The van der Waals surface area contributed by atoms with E-state index in [1.807, 2.05) is 0 Å². The minimum Gasteiger partial charge on any atom is -0.508 e. The molecule has 0 saturated heterocycles. The van der Waals surface area contributed by atoms with Crippen molar-refractivity contribution in [1.82, 2.24) is 20.3 Å². The van der Waals surface area contributed by atoms with Crippen molar-refractivity contribution in [3.63, 3.8) is 0 Å². The molecule has 2 rings (SSSR count). The van der Waals surface area contributed by atoms with Crippen molar-refractivity contribution in [2.75, 3.05) is 0 Å². The molecule has 0 aliphatic rings. The van der Waals surface area contributed by atoms with Crippen LogP contribution in [0.2, 0.25) is 0 Å². The Bertz CT molecular complexity index is 567. The van der Waals surface area contributed by atoms with Crippen molar-refractivity contribution in [2.45, 2.75) is 19.6 Å². The van der Waals surface area contributed by atoms with E-state index in [4.69, 9.17) is 5.73 Å². The zero-order valence-corrected chi connectivity index (χ0v) is 10.3. The van der Waals surface area contributed by atoms with Gasteiger partial charge in [0.15, 0.2) is 0 Å². The number of carbonyl (C=O) groups is 1. The van der Waals surface area contributed by atoms with Crippen LogP contribution in [0.4, 0.5) is 0 Å². The summed E-state index contributed by atoms with van der Waals surface area (Å²) < 4.78 is 1.42. The van der Waals surface area contributed by atoms with Gasteiger partial charge in [0.25, 0.3) is 0 Å². The molecule has 0 aliphatic carbocycles. The Balaban J connectivity index is 1.86. The number of amides is 1. The number of hydrogen-bond acceptors (Lipinski definition) is 5. The Hall–Kier alpha value is -2.41. The van der Waals surface area contributed by atoms with Crippen molar-refractivity contribution < 1.29 is 9.90 Å². The Morgan fingerprint density at radius 2 is 2.21 bits per heavy atom. The summed E-state index contributed by atoms with van der Waals surface area (Å²) in [5.41, 5.74) is 6.70. The third kappa shape index (κ3) is 3.52. The molecule has 1 heterocycles. The summed E-state index contributed by atoms with van der Waals surface area (Å²) in [5, 5.41) is 19.8. The fraction of sp³-hybridized carbons (Fsp3) is 0.250. The van der Waals surface area contributed by atoms with Crippen molar-refractivity contribution in [3.8, 4) is 5.75 Å². The molecular formula is C12H15N5O2. The highest BCUT2D eigenvalue weighted by molar-refractivity contribution is 5.75. The first-order valence-corrected chi connectivity index (χ1v) is 5.81. The highest BCUT2D eigenvalue weighted by atomic mass is 16.3. The number of hydrogen-bond donors (Lipinski definition) is 3. The molecule has 7 heteroatoms. The lowest BCUT2D eigenvalue weighted by Gasteiger charge is -2.06. The van der Waals surface area contributed by atoms with Crippen LogP contribution in [0, 0.1) is 0 Å². The smallest absolute Gasteiger partial charge is 0.242 e. The number of benzene rings is 1. The molecule has 0 radical (unpaired) electrons. The first-order valence-electron chi connectivity index (χ1n) is 5.81. The molecule has 0 spiro atoms. The van der Waals surface area contributed by atoms with Gasteiger partial charge < -0.3 is 16.2 Å². The second kappa shape index (κ2) is 5.96. The Kier molecular flexibility index (Phi) is 4.09. The van der Waals surface area contributed by atoms with E-state index in [1.54, 1.807) is 30.5 Å². The van der Waals surface area contributed by atoms with E-state index >= 15 is 0 Å². The summed E-state index contributed by atoms with van der Waals surface area (Å²) in [6.45, 7) is 0.629. The van der Waals surface area contributed by atoms with Crippen molar-refractivity contribution in [1.29, 1.82) is 0 Å². The van der Waals surface area contributed by atoms with Gasteiger partial charge in [0.2, 0.25) is 5.91 Å². The van der Waals surface area contributed by atoms with Gasteiger partial charge in [0, 0.05) is 18.7 Å². The normalized spacial score (nSPS) is 10.4. The number of rotatable bonds is 5. The average molecular weight is 261 g/mol. The number of para-hydroxylation sites is 1. The molecule has 1 aromatic heterocycles. The Morgan fingerprint density at radius 1 is 1.42 bits per heavy atom. The van der Waals surface area contributed by atoms with Crippen LogP contribution in [0.3, 0.4) is 0 Å². The number of nitrogens with two attached hydrogens (primary N) is 1. The predicted molar refractivity (Wildman–Crippen MR) is 67.9 cm³/mol. The van der Waals surface area contributed by atoms with E-state index in [1.165, 1.54) is 4.68 Å². The molecule has 19 heavy (non-hydrogen) atoms. The molecule has 0 atom stereocenters. The van der Waals surface area contributed by atoms with Crippen LogP contribution >= 0.6 is 0 Å². The number of phenolic OH excluding ortho intramolecular Hbond substituents is 1. The summed E-state index contributed by atoms with van der Waals surface area (Å²) in [4.78, 5) is 11.7. The Labute approximate surface area is 110 Å². The zero-order valence-electron chi connectivity index (χ0n) is 10.3. The van der Waals surface area contributed by atoms with E-state index in [0.29, 0.717) is 17.8 Å². The van der Waals surface area contributed by atoms with Crippen LogP contribution in [0.25, 0.3) is 0 Å². The number of nitrogens with one attached hydrogen (secondary N) is 1. The quantitative estimate of drug-likeness (QED) is 0.688. The molecule has 0 fully saturated rings. The molecule has 0 aliphatic heterocycles. The van der Waals surface area contributed by atoms with Crippen LogP contribution in [0.15, 0.2) is 30.5 Å². The summed E-state index contributed by atoms with van der Waals surface area (Å²) in [6.07, 6.45) is 1.62. The molecule has 0 bridgehead atoms. The maximum Gasteiger partial charge on any atom is 0.242 e. The van der Waals surface area contributed by atoms with E-state index in [-0.39, 0.29) is 24.7 Å². The lowest BCUT2D eigenvalue weighted by Crippen LogP contribution is -2.27. The lowest BCUT2D eigenvalue weighted by atomic mass is 10.2. The topological polar surface area (TPSA) is 106 Å². The van der Waals surface area contributed by atoms with Crippen LogP contribution in [-0.2, 0) is 24.4 Å². The van der Waals surface area contributed by atoms with Crippen LogP contribution in [0.1, 0.15) is 11.3 Å². The zero-order chi connectivity index (χ0) is 13.7. The van der Waals surface area contributed by atoms with Gasteiger partial charge in [-0.1, -0.05) is 23.4 Å². The van der Waals surface area contributed by atoms with E-state index < -0.39 is 0 Å². The molecule has 2 aromatic rings. The summed E-state index contributed by atoms with van der Waals surface area (Å²) in [5.74, 6) is -0.0503. The van der Waals surface area contributed by atoms with E-state index in [9.17, 15) is 9.90 Å². The second-order valence-electron chi connectivity index (χ2n) is 4.02. The van der Waals surface area contributed by atoms with Gasteiger partial charge in [-0.2, -0.15) is 0 Å². The van der Waals surface area contributed by atoms with Crippen LogP contribution in [0.5, 0.6) is 5.75 Å². The number of phenols is 1. The van der Waals surface area contributed by atoms with Crippen molar-refractivity contribution >= 4 is 5.91 Å². The number of aromatic hydroxyl groups is 1. The fourth-order valence-electron chi connectivity index (χ4n) is 1.57. The summed E-state index contributed by atoms with van der Waals surface area (Å²) >= 11 is 0. The van der Waals surface area contributed by atoms with E-state index in [2.05, 4.69) is 15.6 Å². The molecule has 100 valence electrons. The first kappa shape index (κ1) is 13.0. The molecule has 1 amide bonds. The molecule has 1 aromatic carbocycles. The maximum absolute atomic E-state index is 11.7. The minimum atomic E-state index is -0.211. The second-order valence-corrected chi connectivity index (χ2v) is 4.02. The summed E-state index contributed by atoms with van der Waals surface area (Å²) in [7, 11) is 0. The third-order valence-electron chi connectivity index (χ3n) is 2.57. The van der Waals surface area contributed by atoms with Gasteiger partial charge in [-0.15, -0.1) is 5.10 Å². The van der Waals surface area contributed by atoms with Gasteiger partial charge in [0.05, 0.1) is 11.9 Å². The van der Waals surface area contributed by atoms with Gasteiger partial charge in [-0.05, 0) is 6.07 Å². The van der Waals surface area contributed by atoms with Gasteiger partial charge in [-0.3, -0.25) is 4.79 Å². The Morgan fingerprint density at radius 3 is 2.89 bits per heavy atom. The average Bonchev–Trinajstić information content (AvgIpc) is 2.85. The third-order valence-corrected chi connectivity index (χ3v) is 2.57. The van der Waals surface area contributed by atoms with Crippen molar-refractivity contribution in [2.24, 2.45) is 5.73 Å². The van der Waals surface area contributed by atoms with Crippen LogP contribution in [-0.4, -0.2) is 26.0 Å². The summed E-state index contributed by atoms with van der Waals surface area (Å²) in [6, 6.07) is 6.85. The molecule has 0 saturated carbocycles. The SMILES string of the molecule is NCc1cn(CC(=O)NCc2ccccc2O)nn1. The highest BCUT2D eigenvalue weighted by Crippen LogP contribution is 2.14. The number of aromatic nitrogens is 3. The molecular weight excluding hydrogens is 246 g/mol. The van der Waals surface area contributed by atoms with Gasteiger partial charge in [-0.25, -0.2) is 4.68 Å². The monoisotopic (exact) mass is 261 g/mol.